The van der Waals surface area contributed by atoms with E-state index in [1.807, 2.05) is 36.4 Å². The van der Waals surface area contributed by atoms with Gasteiger partial charge in [0.2, 0.25) is 5.91 Å². The summed E-state index contributed by atoms with van der Waals surface area (Å²) in [7, 11) is 0. The summed E-state index contributed by atoms with van der Waals surface area (Å²) >= 11 is 1.07. The number of para-hydroxylation sites is 1. The van der Waals surface area contributed by atoms with Crippen molar-refractivity contribution in [2.24, 2.45) is 0 Å². The number of benzene rings is 2. The normalized spacial score (nSPS) is 11.0. The Morgan fingerprint density at radius 3 is 2.53 bits per heavy atom. The van der Waals surface area contributed by atoms with Crippen LogP contribution in [0.2, 0.25) is 0 Å². The van der Waals surface area contributed by atoms with Crippen LogP contribution in [-0.4, -0.2) is 25.3 Å². The van der Waals surface area contributed by atoms with E-state index in [0.717, 1.165) is 22.6 Å². The molecule has 2 aromatic heterocycles. The smallest absolute Gasteiger partial charge is 0.307 e. The summed E-state index contributed by atoms with van der Waals surface area (Å²) in [6.45, 7) is 2.22. The molecular formula is C22H20N4O3S. The zero-order valence-electron chi connectivity index (χ0n) is 16.4. The van der Waals surface area contributed by atoms with Gasteiger partial charge in [-0.1, -0.05) is 53.8 Å². The number of fused-ring (bicyclic) bond motifs is 1. The highest BCUT2D eigenvalue weighted by molar-refractivity contribution is 7.07. The van der Waals surface area contributed by atoms with Crippen LogP contribution in [0.3, 0.4) is 0 Å². The molecule has 1 amide bonds. The topological polar surface area (TPSA) is 88.1 Å². The first-order valence-corrected chi connectivity index (χ1v) is 10.3. The lowest BCUT2D eigenvalue weighted by Crippen LogP contribution is -2.36. The number of aromatic amines is 1. The molecule has 2 heterocycles. The molecule has 0 unspecified atom stereocenters. The number of hydrogen-bond acceptors (Lipinski definition) is 5. The molecule has 1 N–H and O–H groups in total. The fourth-order valence-corrected chi connectivity index (χ4v) is 3.99. The van der Waals surface area contributed by atoms with Gasteiger partial charge >= 0.3 is 4.87 Å². The van der Waals surface area contributed by atoms with Gasteiger partial charge in [0.15, 0.2) is 0 Å². The van der Waals surface area contributed by atoms with Crippen molar-refractivity contribution in [3.05, 3.63) is 97.1 Å². The van der Waals surface area contributed by atoms with Gasteiger partial charge in [-0.3, -0.25) is 19.0 Å². The third-order valence-electron chi connectivity index (χ3n) is 4.84. The maximum atomic E-state index is 13.1. The van der Waals surface area contributed by atoms with E-state index in [9.17, 15) is 14.4 Å². The molecular weight excluding hydrogens is 400 g/mol. The van der Waals surface area contributed by atoms with Crippen LogP contribution in [0.1, 0.15) is 17.1 Å². The first-order chi connectivity index (χ1) is 14.5. The molecule has 0 aliphatic heterocycles. The third kappa shape index (κ3) is 4.23. The van der Waals surface area contributed by atoms with Gasteiger partial charge in [0, 0.05) is 17.6 Å². The minimum atomic E-state index is -0.243. The second-order valence-electron chi connectivity index (χ2n) is 6.99. The Kier molecular flexibility index (Phi) is 5.58. The SMILES string of the molecule is Cc1csc(=O)n1CC(=O)N(Cc1ccccc1)Cc1nc2ccccc2c(=O)[nH]1. The fourth-order valence-electron chi connectivity index (χ4n) is 3.26. The van der Waals surface area contributed by atoms with E-state index in [2.05, 4.69) is 9.97 Å². The van der Waals surface area contributed by atoms with Crippen molar-refractivity contribution in [3.8, 4) is 0 Å². The van der Waals surface area contributed by atoms with Gasteiger partial charge in [0.1, 0.15) is 12.4 Å². The fraction of sp³-hybridized carbons (Fsp3) is 0.182. The average Bonchev–Trinajstić information content (AvgIpc) is 3.06. The molecule has 30 heavy (non-hydrogen) atoms. The van der Waals surface area contributed by atoms with Crippen LogP contribution in [0, 0.1) is 6.92 Å². The van der Waals surface area contributed by atoms with Crippen molar-refractivity contribution >= 4 is 28.1 Å². The lowest BCUT2D eigenvalue weighted by atomic mass is 10.2. The Bertz CT molecular complexity index is 1310. The summed E-state index contributed by atoms with van der Waals surface area (Å²) in [5.74, 6) is 0.177. The van der Waals surface area contributed by atoms with Crippen molar-refractivity contribution in [1.82, 2.24) is 19.4 Å². The highest BCUT2D eigenvalue weighted by atomic mass is 32.1. The summed E-state index contributed by atoms with van der Waals surface area (Å²) in [5, 5.41) is 2.24. The van der Waals surface area contributed by atoms with Gasteiger partial charge in [-0.2, -0.15) is 0 Å². The third-order valence-corrected chi connectivity index (χ3v) is 5.72. The first-order valence-electron chi connectivity index (χ1n) is 9.46. The largest absolute Gasteiger partial charge is 0.329 e. The van der Waals surface area contributed by atoms with E-state index in [0.29, 0.717) is 23.3 Å². The maximum absolute atomic E-state index is 13.1. The van der Waals surface area contributed by atoms with E-state index >= 15 is 0 Å². The predicted octanol–water partition coefficient (Wildman–Crippen LogP) is 2.68. The Morgan fingerprint density at radius 1 is 1.07 bits per heavy atom. The van der Waals surface area contributed by atoms with Gasteiger partial charge in [-0.05, 0) is 24.6 Å². The number of nitrogens with one attached hydrogen (secondary N) is 1. The minimum Gasteiger partial charge on any atom is -0.329 e. The molecule has 0 aliphatic rings. The number of H-pyrrole nitrogens is 1. The molecule has 4 aromatic rings. The molecule has 7 nitrogen and oxygen atoms in total. The van der Waals surface area contributed by atoms with Gasteiger partial charge in [-0.15, -0.1) is 0 Å². The summed E-state index contributed by atoms with van der Waals surface area (Å²) < 4.78 is 1.46. The highest BCUT2D eigenvalue weighted by Gasteiger charge is 2.19. The number of rotatable bonds is 6. The van der Waals surface area contributed by atoms with Gasteiger partial charge in [-0.25, -0.2) is 4.98 Å². The lowest BCUT2D eigenvalue weighted by Gasteiger charge is -2.23. The standard InChI is InChI=1S/C22H20N4O3S/c1-15-14-30-22(29)26(15)13-20(27)25(11-16-7-3-2-4-8-16)12-19-23-18-10-6-5-9-17(18)21(28)24-19/h2-10,14H,11-13H2,1H3,(H,23,24,28). The average molecular weight is 420 g/mol. The van der Waals surface area contributed by atoms with Crippen LogP contribution < -0.4 is 10.4 Å². The molecule has 0 atom stereocenters. The summed E-state index contributed by atoms with van der Waals surface area (Å²) in [6.07, 6.45) is 0. The summed E-state index contributed by atoms with van der Waals surface area (Å²) in [4.78, 5) is 46.3. The van der Waals surface area contributed by atoms with Crippen LogP contribution >= 0.6 is 11.3 Å². The van der Waals surface area contributed by atoms with E-state index in [4.69, 9.17) is 0 Å². The first kappa shape index (κ1) is 19.8. The number of amides is 1. The molecule has 0 radical (unpaired) electrons. The molecule has 152 valence electrons. The van der Waals surface area contributed by atoms with Crippen LogP contribution in [0.5, 0.6) is 0 Å². The predicted molar refractivity (Wildman–Crippen MR) is 116 cm³/mol. The number of carbonyl (C=O) groups excluding carboxylic acids is 1. The molecule has 0 spiro atoms. The van der Waals surface area contributed by atoms with Crippen LogP contribution in [0.15, 0.2) is 69.6 Å². The Hall–Kier alpha value is -3.52. The highest BCUT2D eigenvalue weighted by Crippen LogP contribution is 2.12. The van der Waals surface area contributed by atoms with Gasteiger partial charge in [0.25, 0.3) is 5.56 Å². The van der Waals surface area contributed by atoms with Crippen molar-refractivity contribution in [2.75, 3.05) is 0 Å². The van der Waals surface area contributed by atoms with Crippen molar-refractivity contribution in [1.29, 1.82) is 0 Å². The zero-order valence-corrected chi connectivity index (χ0v) is 17.2. The van der Waals surface area contributed by atoms with Crippen molar-refractivity contribution < 1.29 is 4.79 Å². The summed E-state index contributed by atoms with van der Waals surface area (Å²) in [5.41, 5.74) is 2.03. The molecule has 0 saturated carbocycles. The van der Waals surface area contributed by atoms with E-state index in [1.54, 1.807) is 35.4 Å². The van der Waals surface area contributed by atoms with E-state index < -0.39 is 0 Å². The molecule has 0 bridgehead atoms. The monoisotopic (exact) mass is 420 g/mol. The van der Waals surface area contributed by atoms with Crippen LogP contribution in [0.4, 0.5) is 0 Å². The van der Waals surface area contributed by atoms with Crippen LogP contribution in [-0.2, 0) is 24.4 Å². The van der Waals surface area contributed by atoms with Crippen LogP contribution in [0.25, 0.3) is 10.9 Å². The number of thiazole rings is 1. The lowest BCUT2D eigenvalue weighted by molar-refractivity contribution is -0.133. The number of hydrogen-bond donors (Lipinski definition) is 1. The molecule has 8 heteroatoms. The van der Waals surface area contributed by atoms with Gasteiger partial charge < -0.3 is 9.88 Å². The van der Waals surface area contributed by atoms with E-state index in [-0.39, 0.29) is 29.4 Å². The second-order valence-corrected chi connectivity index (χ2v) is 7.81. The van der Waals surface area contributed by atoms with E-state index in [1.165, 1.54) is 4.57 Å². The molecule has 4 rings (SSSR count). The Labute approximate surface area is 176 Å². The number of carbonyl (C=O) groups is 1. The molecule has 0 fully saturated rings. The number of aryl methyl sites for hydroxylation is 1. The quantitative estimate of drug-likeness (QED) is 0.519. The van der Waals surface area contributed by atoms with Gasteiger partial charge in [0.05, 0.1) is 17.4 Å². The van der Waals surface area contributed by atoms with Crippen molar-refractivity contribution in [2.45, 2.75) is 26.6 Å². The minimum absolute atomic E-state index is 0.0567. The molecule has 2 aromatic carbocycles. The second kappa shape index (κ2) is 8.46. The summed E-state index contributed by atoms with van der Waals surface area (Å²) in [6, 6.07) is 16.7. The zero-order chi connectivity index (χ0) is 21.1. The maximum Gasteiger partial charge on any atom is 0.307 e. The van der Waals surface area contributed by atoms with Crippen molar-refractivity contribution in [3.63, 3.8) is 0 Å². The molecule has 0 saturated heterocycles. The molecule has 0 aliphatic carbocycles. The number of nitrogens with zero attached hydrogens (tertiary/aromatic N) is 3. The Balaban J connectivity index is 1.65. The number of aromatic nitrogens is 3. The Morgan fingerprint density at radius 2 is 1.80 bits per heavy atom.